The van der Waals surface area contributed by atoms with Crippen LogP contribution in [0.4, 0.5) is 0 Å². The van der Waals surface area contributed by atoms with E-state index in [2.05, 4.69) is 10.6 Å². The summed E-state index contributed by atoms with van der Waals surface area (Å²) >= 11 is 6.09. The van der Waals surface area contributed by atoms with E-state index in [1.807, 2.05) is 30.3 Å². The van der Waals surface area contributed by atoms with Crippen LogP contribution in [0, 0.1) is 0 Å². The van der Waals surface area contributed by atoms with E-state index < -0.39 is 6.04 Å². The van der Waals surface area contributed by atoms with Crippen LogP contribution in [0.3, 0.4) is 0 Å². The number of hydrogen-bond donors (Lipinski definition) is 2. The van der Waals surface area contributed by atoms with Crippen LogP contribution in [0.1, 0.15) is 28.4 Å². The molecule has 0 saturated heterocycles. The first-order chi connectivity index (χ1) is 12.9. The van der Waals surface area contributed by atoms with Gasteiger partial charge in [0.25, 0.3) is 5.91 Å². The Bertz CT molecular complexity index is 809. The second-order valence-corrected chi connectivity index (χ2v) is 6.59. The summed E-state index contributed by atoms with van der Waals surface area (Å²) < 4.78 is 0. The van der Waals surface area contributed by atoms with Crippen molar-refractivity contribution in [3.05, 3.63) is 70.7 Å². The molecule has 0 heterocycles. The number of amides is 3. The van der Waals surface area contributed by atoms with Crippen molar-refractivity contribution in [2.24, 2.45) is 0 Å². The summed E-state index contributed by atoms with van der Waals surface area (Å²) in [6, 6.07) is 15.3. The predicted molar refractivity (Wildman–Crippen MR) is 104 cm³/mol. The minimum Gasteiger partial charge on any atom is -0.347 e. The quantitative estimate of drug-likeness (QED) is 0.765. The molecule has 0 aliphatic rings. The van der Waals surface area contributed by atoms with Crippen LogP contribution in [0.25, 0.3) is 0 Å². The molecule has 0 unspecified atom stereocenters. The number of carbonyl (C=O) groups excluding carboxylic acids is 3. The van der Waals surface area contributed by atoms with Crippen LogP contribution in [-0.4, -0.2) is 43.3 Å². The molecule has 7 heteroatoms. The average Bonchev–Trinajstić information content (AvgIpc) is 2.66. The third kappa shape index (κ3) is 6.11. The van der Waals surface area contributed by atoms with Gasteiger partial charge in [0.2, 0.25) is 11.8 Å². The summed E-state index contributed by atoms with van der Waals surface area (Å²) in [6.07, 6.45) is 0.000907. The Kier molecular flexibility index (Phi) is 7.37. The molecule has 3 amide bonds. The molecular weight excluding hydrogens is 366 g/mol. The molecule has 0 bridgehead atoms. The zero-order chi connectivity index (χ0) is 19.8. The fourth-order valence-electron chi connectivity index (χ4n) is 2.41. The van der Waals surface area contributed by atoms with Gasteiger partial charge in [-0.25, -0.2) is 0 Å². The largest absolute Gasteiger partial charge is 0.347 e. The van der Waals surface area contributed by atoms with E-state index in [4.69, 9.17) is 11.6 Å². The highest BCUT2D eigenvalue weighted by atomic mass is 35.5. The molecule has 2 aromatic carbocycles. The summed E-state index contributed by atoms with van der Waals surface area (Å²) in [4.78, 5) is 37.9. The lowest BCUT2D eigenvalue weighted by atomic mass is 10.0. The Labute approximate surface area is 163 Å². The van der Waals surface area contributed by atoms with Gasteiger partial charge in [-0.2, -0.15) is 0 Å². The lowest BCUT2D eigenvalue weighted by molar-refractivity contribution is -0.131. The number of benzene rings is 2. The van der Waals surface area contributed by atoms with Gasteiger partial charge in [0.1, 0.15) is 0 Å². The van der Waals surface area contributed by atoms with E-state index in [1.54, 1.807) is 38.4 Å². The molecule has 0 radical (unpaired) electrons. The summed E-state index contributed by atoms with van der Waals surface area (Å²) in [5.74, 6) is -0.912. The van der Waals surface area contributed by atoms with Crippen LogP contribution >= 0.6 is 11.6 Å². The Morgan fingerprint density at radius 2 is 1.63 bits per heavy atom. The number of halogens is 1. The first-order valence-corrected chi connectivity index (χ1v) is 8.83. The topological polar surface area (TPSA) is 78.5 Å². The molecule has 0 spiro atoms. The third-order valence-electron chi connectivity index (χ3n) is 3.95. The normalized spacial score (nSPS) is 11.4. The number of nitrogens with zero attached hydrogens (tertiary/aromatic N) is 1. The number of likely N-dealkylation sites (N-methyl/N-ethyl adjacent to an activating group) is 1. The maximum absolute atomic E-state index is 12.6. The second-order valence-electron chi connectivity index (χ2n) is 6.19. The van der Waals surface area contributed by atoms with Gasteiger partial charge >= 0.3 is 0 Å². The third-order valence-corrected chi connectivity index (χ3v) is 4.28. The highest BCUT2D eigenvalue weighted by Crippen LogP contribution is 2.20. The summed E-state index contributed by atoms with van der Waals surface area (Å²) in [7, 11) is 3.23. The molecule has 0 fully saturated rings. The van der Waals surface area contributed by atoms with E-state index >= 15 is 0 Å². The fraction of sp³-hybridized carbons (Fsp3) is 0.250. The van der Waals surface area contributed by atoms with Gasteiger partial charge in [-0.3, -0.25) is 14.4 Å². The summed E-state index contributed by atoms with van der Waals surface area (Å²) in [6.45, 7) is -0.0915. The van der Waals surface area contributed by atoms with Crippen molar-refractivity contribution in [3.63, 3.8) is 0 Å². The molecule has 6 nitrogen and oxygen atoms in total. The number of hydrogen-bond acceptors (Lipinski definition) is 3. The fourth-order valence-corrected chi connectivity index (χ4v) is 2.63. The minimum absolute atomic E-state index is 0.000907. The standard InChI is InChI=1S/C20H22ClN3O3/c1-24(2)19(26)13-22-18(25)12-17(14-8-4-3-5-9-14)23-20(27)15-10-6-7-11-16(15)21/h3-11,17H,12-13H2,1-2H3,(H,22,25)(H,23,27)/t17-/m0/s1. The van der Waals surface area contributed by atoms with Crippen molar-refractivity contribution >= 4 is 29.3 Å². The van der Waals surface area contributed by atoms with Crippen LogP contribution in [0.5, 0.6) is 0 Å². The molecule has 1 atom stereocenters. The Hall–Kier alpha value is -2.86. The van der Waals surface area contributed by atoms with Crippen molar-refractivity contribution < 1.29 is 14.4 Å². The number of carbonyl (C=O) groups is 3. The van der Waals surface area contributed by atoms with Gasteiger partial charge in [-0.15, -0.1) is 0 Å². The lowest BCUT2D eigenvalue weighted by Gasteiger charge is -2.20. The first-order valence-electron chi connectivity index (χ1n) is 8.45. The van der Waals surface area contributed by atoms with Crippen LogP contribution < -0.4 is 10.6 Å². The highest BCUT2D eigenvalue weighted by molar-refractivity contribution is 6.33. The zero-order valence-electron chi connectivity index (χ0n) is 15.2. The van der Waals surface area contributed by atoms with E-state index in [9.17, 15) is 14.4 Å². The highest BCUT2D eigenvalue weighted by Gasteiger charge is 2.20. The van der Waals surface area contributed by atoms with Gasteiger partial charge < -0.3 is 15.5 Å². The van der Waals surface area contributed by atoms with Gasteiger partial charge in [-0.05, 0) is 17.7 Å². The molecule has 142 valence electrons. The van der Waals surface area contributed by atoms with Crippen molar-refractivity contribution in [3.8, 4) is 0 Å². The van der Waals surface area contributed by atoms with E-state index in [0.29, 0.717) is 10.6 Å². The molecule has 2 rings (SSSR count). The number of rotatable bonds is 7. The smallest absolute Gasteiger partial charge is 0.253 e. The SMILES string of the molecule is CN(C)C(=O)CNC(=O)C[C@H](NC(=O)c1ccccc1Cl)c1ccccc1. The van der Waals surface area contributed by atoms with Gasteiger partial charge in [0.05, 0.1) is 29.6 Å². The van der Waals surface area contributed by atoms with Crippen LogP contribution in [0.2, 0.25) is 5.02 Å². The molecule has 2 N–H and O–H groups in total. The average molecular weight is 388 g/mol. The van der Waals surface area contributed by atoms with Crippen LogP contribution in [0.15, 0.2) is 54.6 Å². The Balaban J connectivity index is 2.10. The van der Waals surface area contributed by atoms with Crippen molar-refractivity contribution in [1.82, 2.24) is 15.5 Å². The molecular formula is C20H22ClN3O3. The van der Waals surface area contributed by atoms with E-state index in [1.165, 1.54) is 4.90 Å². The van der Waals surface area contributed by atoms with Crippen molar-refractivity contribution in [1.29, 1.82) is 0 Å². The second kappa shape index (κ2) is 9.73. The van der Waals surface area contributed by atoms with Gasteiger partial charge in [0.15, 0.2) is 0 Å². The molecule has 0 aliphatic heterocycles. The molecule has 2 aromatic rings. The van der Waals surface area contributed by atoms with Crippen molar-refractivity contribution in [2.45, 2.75) is 12.5 Å². The molecule has 0 aromatic heterocycles. The van der Waals surface area contributed by atoms with E-state index in [-0.39, 0.29) is 30.7 Å². The molecule has 0 saturated carbocycles. The molecule has 27 heavy (non-hydrogen) atoms. The summed E-state index contributed by atoms with van der Waals surface area (Å²) in [5.41, 5.74) is 1.12. The molecule has 0 aliphatic carbocycles. The van der Waals surface area contributed by atoms with Gasteiger partial charge in [-0.1, -0.05) is 54.1 Å². The number of nitrogens with one attached hydrogen (secondary N) is 2. The van der Waals surface area contributed by atoms with Crippen molar-refractivity contribution in [2.75, 3.05) is 20.6 Å². The first kappa shape index (κ1) is 20.5. The maximum atomic E-state index is 12.6. The Morgan fingerprint density at radius 1 is 1.00 bits per heavy atom. The maximum Gasteiger partial charge on any atom is 0.253 e. The predicted octanol–water partition coefficient (Wildman–Crippen LogP) is 2.41. The minimum atomic E-state index is -0.551. The monoisotopic (exact) mass is 387 g/mol. The van der Waals surface area contributed by atoms with Gasteiger partial charge in [0, 0.05) is 14.1 Å². The lowest BCUT2D eigenvalue weighted by Crippen LogP contribution is -2.38. The zero-order valence-corrected chi connectivity index (χ0v) is 16.0. The summed E-state index contributed by atoms with van der Waals surface area (Å²) in [5, 5.41) is 5.77. The van der Waals surface area contributed by atoms with Crippen LogP contribution in [-0.2, 0) is 9.59 Å². The van der Waals surface area contributed by atoms with E-state index in [0.717, 1.165) is 5.56 Å². The Morgan fingerprint density at radius 3 is 2.26 bits per heavy atom.